The summed E-state index contributed by atoms with van der Waals surface area (Å²) in [6, 6.07) is 10.4. The molecule has 0 heterocycles. The molecule has 0 spiro atoms. The number of allylic oxidation sites excluding steroid dienone is 2. The van der Waals surface area contributed by atoms with E-state index in [1.165, 1.54) is 5.56 Å². The van der Waals surface area contributed by atoms with Crippen LogP contribution in [0.1, 0.15) is 33.3 Å². The highest BCUT2D eigenvalue weighted by Gasteiger charge is 2.07. The molecule has 0 saturated carbocycles. The number of hydrogen-bond donors (Lipinski definition) is 0. The van der Waals surface area contributed by atoms with Crippen molar-refractivity contribution in [2.24, 2.45) is 10.9 Å². The number of rotatable bonds is 3. The fourth-order valence-corrected chi connectivity index (χ4v) is 1.39. The number of benzene rings is 1. The quantitative estimate of drug-likeness (QED) is 0.654. The lowest BCUT2D eigenvalue weighted by atomic mass is 10.00. The first-order chi connectivity index (χ1) is 7.15. The van der Waals surface area contributed by atoms with Crippen LogP contribution >= 0.6 is 0 Å². The Balaban J connectivity index is 3.10. The lowest BCUT2D eigenvalue weighted by Gasteiger charge is -2.10. The zero-order valence-corrected chi connectivity index (χ0v) is 9.99. The first-order valence-corrected chi connectivity index (χ1v) is 5.42. The lowest BCUT2D eigenvalue weighted by Crippen LogP contribution is -2.09. The van der Waals surface area contributed by atoms with E-state index in [0.717, 1.165) is 11.4 Å². The standard InChI is InChI=1S/C14H19N/c1-5-12(4)15-14(11(2)3)13-9-7-6-8-10-13/h5-11H,1-4H3/b12-5-,15-14?. The Morgan fingerprint density at radius 1 is 1.20 bits per heavy atom. The zero-order valence-electron chi connectivity index (χ0n) is 9.99. The van der Waals surface area contributed by atoms with Gasteiger partial charge in [-0.2, -0.15) is 0 Å². The van der Waals surface area contributed by atoms with Crippen LogP contribution in [0.15, 0.2) is 47.1 Å². The Morgan fingerprint density at radius 3 is 2.27 bits per heavy atom. The molecule has 0 fully saturated rings. The van der Waals surface area contributed by atoms with Crippen molar-refractivity contribution >= 4 is 5.71 Å². The van der Waals surface area contributed by atoms with Crippen molar-refractivity contribution in [2.75, 3.05) is 0 Å². The molecule has 1 aromatic carbocycles. The summed E-state index contributed by atoms with van der Waals surface area (Å²) in [5.74, 6) is 0.447. The van der Waals surface area contributed by atoms with E-state index in [9.17, 15) is 0 Å². The van der Waals surface area contributed by atoms with Gasteiger partial charge in [0.2, 0.25) is 0 Å². The molecule has 0 aliphatic heterocycles. The van der Waals surface area contributed by atoms with Gasteiger partial charge in [-0.3, -0.25) is 4.99 Å². The van der Waals surface area contributed by atoms with E-state index >= 15 is 0 Å². The highest BCUT2D eigenvalue weighted by molar-refractivity contribution is 6.02. The summed E-state index contributed by atoms with van der Waals surface area (Å²) in [5, 5.41) is 0. The molecule has 0 saturated heterocycles. The van der Waals surface area contributed by atoms with E-state index in [1.54, 1.807) is 0 Å². The topological polar surface area (TPSA) is 12.4 Å². The number of aliphatic imine (C=N–C) groups is 1. The first-order valence-electron chi connectivity index (χ1n) is 5.42. The van der Waals surface area contributed by atoms with Gasteiger partial charge in [-0.05, 0) is 25.3 Å². The van der Waals surface area contributed by atoms with Crippen molar-refractivity contribution in [3.05, 3.63) is 47.7 Å². The maximum absolute atomic E-state index is 4.64. The third kappa shape index (κ3) is 3.35. The molecule has 80 valence electrons. The van der Waals surface area contributed by atoms with Gasteiger partial charge in [0.15, 0.2) is 0 Å². The minimum absolute atomic E-state index is 0.447. The van der Waals surface area contributed by atoms with Crippen molar-refractivity contribution in [2.45, 2.75) is 27.7 Å². The molecule has 0 aromatic heterocycles. The van der Waals surface area contributed by atoms with Crippen LogP contribution in [0.25, 0.3) is 0 Å². The molecule has 0 bridgehead atoms. The summed E-state index contributed by atoms with van der Waals surface area (Å²) in [4.78, 5) is 4.64. The van der Waals surface area contributed by atoms with E-state index < -0.39 is 0 Å². The smallest absolute Gasteiger partial charge is 0.0504 e. The summed E-state index contributed by atoms with van der Waals surface area (Å²) < 4.78 is 0. The third-order valence-electron chi connectivity index (χ3n) is 2.33. The molecule has 1 heteroatoms. The van der Waals surface area contributed by atoms with Gasteiger partial charge in [0.1, 0.15) is 0 Å². The van der Waals surface area contributed by atoms with Gasteiger partial charge in [0.05, 0.1) is 5.71 Å². The second kappa shape index (κ2) is 5.50. The summed E-state index contributed by atoms with van der Waals surface area (Å²) >= 11 is 0. The van der Waals surface area contributed by atoms with E-state index in [2.05, 4.69) is 43.1 Å². The van der Waals surface area contributed by atoms with Gasteiger partial charge in [-0.15, -0.1) is 0 Å². The van der Waals surface area contributed by atoms with Crippen molar-refractivity contribution < 1.29 is 0 Å². The summed E-state index contributed by atoms with van der Waals surface area (Å²) in [5.41, 5.74) is 3.45. The normalized spacial score (nSPS) is 13.4. The van der Waals surface area contributed by atoms with E-state index in [-0.39, 0.29) is 0 Å². The average Bonchev–Trinajstić information content (AvgIpc) is 2.26. The van der Waals surface area contributed by atoms with E-state index in [1.807, 2.05) is 26.0 Å². The Kier molecular flexibility index (Phi) is 4.29. The van der Waals surface area contributed by atoms with E-state index in [0.29, 0.717) is 5.92 Å². The van der Waals surface area contributed by atoms with Crippen molar-refractivity contribution in [1.82, 2.24) is 0 Å². The molecule has 1 aromatic rings. The largest absolute Gasteiger partial charge is 0.258 e. The van der Waals surface area contributed by atoms with Gasteiger partial charge in [-0.25, -0.2) is 0 Å². The Morgan fingerprint density at radius 2 is 1.80 bits per heavy atom. The van der Waals surface area contributed by atoms with Crippen LogP contribution in [0.4, 0.5) is 0 Å². The minimum Gasteiger partial charge on any atom is -0.258 e. The zero-order chi connectivity index (χ0) is 11.3. The van der Waals surface area contributed by atoms with Gasteiger partial charge >= 0.3 is 0 Å². The van der Waals surface area contributed by atoms with Gasteiger partial charge in [-0.1, -0.05) is 50.3 Å². The molecule has 0 aliphatic rings. The number of nitrogens with zero attached hydrogens (tertiary/aromatic N) is 1. The van der Waals surface area contributed by atoms with Crippen LogP contribution in [-0.2, 0) is 0 Å². The number of hydrogen-bond acceptors (Lipinski definition) is 1. The van der Waals surface area contributed by atoms with Crippen LogP contribution in [0.2, 0.25) is 0 Å². The molecule has 15 heavy (non-hydrogen) atoms. The maximum atomic E-state index is 4.64. The molecule has 1 rings (SSSR count). The van der Waals surface area contributed by atoms with Crippen LogP contribution in [0.3, 0.4) is 0 Å². The maximum Gasteiger partial charge on any atom is 0.0504 e. The van der Waals surface area contributed by atoms with E-state index in [4.69, 9.17) is 0 Å². The monoisotopic (exact) mass is 201 g/mol. The Hall–Kier alpha value is -1.37. The molecule has 0 atom stereocenters. The van der Waals surface area contributed by atoms with Crippen LogP contribution in [0, 0.1) is 5.92 Å². The fourth-order valence-electron chi connectivity index (χ4n) is 1.39. The molecule has 0 unspecified atom stereocenters. The lowest BCUT2D eigenvalue weighted by molar-refractivity contribution is 0.881. The van der Waals surface area contributed by atoms with Crippen molar-refractivity contribution in [3.8, 4) is 0 Å². The van der Waals surface area contributed by atoms with Crippen molar-refractivity contribution in [1.29, 1.82) is 0 Å². The molecule has 0 radical (unpaired) electrons. The third-order valence-corrected chi connectivity index (χ3v) is 2.33. The summed E-state index contributed by atoms with van der Waals surface area (Å²) in [6.07, 6.45) is 2.03. The van der Waals surface area contributed by atoms with Crippen LogP contribution < -0.4 is 0 Å². The van der Waals surface area contributed by atoms with Crippen LogP contribution in [-0.4, -0.2) is 5.71 Å². The highest BCUT2D eigenvalue weighted by Crippen LogP contribution is 2.12. The molecule has 0 N–H and O–H groups in total. The van der Waals surface area contributed by atoms with Crippen LogP contribution in [0.5, 0.6) is 0 Å². The molecular weight excluding hydrogens is 182 g/mol. The predicted molar refractivity (Wildman–Crippen MR) is 67.2 cm³/mol. The second-order valence-electron chi connectivity index (χ2n) is 3.95. The van der Waals surface area contributed by atoms with Gasteiger partial charge in [0, 0.05) is 5.70 Å². The van der Waals surface area contributed by atoms with Crippen molar-refractivity contribution in [3.63, 3.8) is 0 Å². The Bertz CT molecular complexity index is 358. The van der Waals surface area contributed by atoms with Gasteiger partial charge < -0.3 is 0 Å². The first kappa shape index (κ1) is 11.7. The predicted octanol–water partition coefficient (Wildman–Crippen LogP) is 4.06. The average molecular weight is 201 g/mol. The summed E-state index contributed by atoms with van der Waals surface area (Å²) in [7, 11) is 0. The molecule has 1 nitrogen and oxygen atoms in total. The Labute approximate surface area is 92.6 Å². The second-order valence-corrected chi connectivity index (χ2v) is 3.95. The highest BCUT2D eigenvalue weighted by atomic mass is 14.8. The fraction of sp³-hybridized carbons (Fsp3) is 0.357. The summed E-state index contributed by atoms with van der Waals surface area (Å²) in [6.45, 7) is 8.40. The molecular formula is C14H19N. The van der Waals surface area contributed by atoms with Gasteiger partial charge in [0.25, 0.3) is 0 Å². The molecule has 0 amide bonds. The molecule has 0 aliphatic carbocycles. The minimum atomic E-state index is 0.447. The SMILES string of the molecule is C/C=C(/C)N=C(c1ccccc1)C(C)C.